The molecule has 1 fully saturated rings. The normalized spacial score (nSPS) is 17.1. The molecule has 44 heavy (non-hydrogen) atoms. The van der Waals surface area contributed by atoms with Gasteiger partial charge < -0.3 is 4.74 Å². The van der Waals surface area contributed by atoms with Crippen LogP contribution in [0.2, 0.25) is 0 Å². The molecule has 1 aliphatic carbocycles. The van der Waals surface area contributed by atoms with Gasteiger partial charge in [0.05, 0.1) is 5.56 Å². The van der Waals surface area contributed by atoms with Gasteiger partial charge in [0, 0.05) is 17.7 Å². The van der Waals surface area contributed by atoms with Gasteiger partial charge in [-0.3, -0.25) is 0 Å². The summed E-state index contributed by atoms with van der Waals surface area (Å²) in [4.78, 5) is 0. The second kappa shape index (κ2) is 13.4. The Labute approximate surface area is 252 Å². The fourth-order valence-corrected chi connectivity index (χ4v) is 6.05. The quantitative estimate of drug-likeness (QED) is 0.0981. The minimum Gasteiger partial charge on any atom is -0.429 e. The zero-order chi connectivity index (χ0) is 31.4. The highest BCUT2D eigenvalue weighted by atomic mass is 19.3. The highest BCUT2D eigenvalue weighted by molar-refractivity contribution is 5.71. The number of benzene rings is 4. The predicted octanol–water partition coefficient (Wildman–Crippen LogP) is 11.7. The van der Waals surface area contributed by atoms with Gasteiger partial charge in [0.15, 0.2) is 17.5 Å². The van der Waals surface area contributed by atoms with Gasteiger partial charge in [-0.25, -0.2) is 22.0 Å². The van der Waals surface area contributed by atoms with Crippen molar-refractivity contribution < 1.29 is 35.5 Å². The maximum atomic E-state index is 15.2. The number of alkyl halides is 2. The van der Waals surface area contributed by atoms with Crippen molar-refractivity contribution in [3.63, 3.8) is 0 Å². The SMILES string of the molecule is CCCCCC1CCC(c2ccc(-c3ccc(-c4ccc(C(F)(F)Oc5cc(F)c(F)c(F)c5)c(F)c4)cc3)c(F)c2)CC1. The van der Waals surface area contributed by atoms with Gasteiger partial charge in [0.25, 0.3) is 0 Å². The maximum Gasteiger partial charge on any atom is 0.429 e. The summed E-state index contributed by atoms with van der Waals surface area (Å²) in [5.74, 6) is -6.80. The first-order valence-electron chi connectivity index (χ1n) is 15.0. The molecule has 4 aromatic rings. The number of ether oxygens (including phenoxy) is 1. The van der Waals surface area contributed by atoms with Crippen LogP contribution >= 0.6 is 0 Å². The Hall–Kier alpha value is -3.81. The van der Waals surface area contributed by atoms with Gasteiger partial charge in [-0.15, -0.1) is 0 Å². The van der Waals surface area contributed by atoms with Crippen LogP contribution < -0.4 is 4.74 Å². The fraction of sp³-hybridized carbons (Fsp3) is 0.333. The summed E-state index contributed by atoms with van der Waals surface area (Å²) in [5, 5.41) is 0. The summed E-state index contributed by atoms with van der Waals surface area (Å²) < 4.78 is 104. The van der Waals surface area contributed by atoms with E-state index in [2.05, 4.69) is 11.7 Å². The fourth-order valence-electron chi connectivity index (χ4n) is 6.05. The molecule has 232 valence electrons. The summed E-state index contributed by atoms with van der Waals surface area (Å²) in [6, 6.07) is 15.4. The van der Waals surface area contributed by atoms with Crippen LogP contribution in [0.5, 0.6) is 5.75 Å². The lowest BCUT2D eigenvalue weighted by Crippen LogP contribution is -2.23. The van der Waals surface area contributed by atoms with Crippen LogP contribution in [-0.2, 0) is 6.11 Å². The van der Waals surface area contributed by atoms with E-state index in [0.717, 1.165) is 36.5 Å². The molecule has 1 nitrogen and oxygen atoms in total. The van der Waals surface area contributed by atoms with Crippen molar-refractivity contribution >= 4 is 0 Å². The zero-order valence-corrected chi connectivity index (χ0v) is 24.3. The van der Waals surface area contributed by atoms with Gasteiger partial charge in [-0.05, 0) is 78.0 Å². The first-order valence-corrected chi connectivity index (χ1v) is 15.0. The molecular formula is C36H33F7O. The average molecular weight is 615 g/mol. The molecule has 0 saturated heterocycles. The van der Waals surface area contributed by atoms with E-state index in [1.165, 1.54) is 44.6 Å². The summed E-state index contributed by atoms with van der Waals surface area (Å²) in [6.45, 7) is 2.21. The van der Waals surface area contributed by atoms with Gasteiger partial charge in [-0.2, -0.15) is 8.78 Å². The zero-order valence-electron chi connectivity index (χ0n) is 24.3. The van der Waals surface area contributed by atoms with Crippen LogP contribution in [0.4, 0.5) is 30.7 Å². The van der Waals surface area contributed by atoms with Crippen LogP contribution in [0.1, 0.15) is 75.3 Å². The molecule has 0 radical (unpaired) electrons. The van der Waals surface area contributed by atoms with Crippen molar-refractivity contribution in [2.75, 3.05) is 0 Å². The van der Waals surface area contributed by atoms with Crippen molar-refractivity contribution in [2.24, 2.45) is 5.92 Å². The lowest BCUT2D eigenvalue weighted by Gasteiger charge is -2.29. The first-order chi connectivity index (χ1) is 21.1. The first kappa shape index (κ1) is 31.6. The molecule has 0 bridgehead atoms. The van der Waals surface area contributed by atoms with Crippen molar-refractivity contribution in [3.05, 3.63) is 113 Å². The van der Waals surface area contributed by atoms with Crippen molar-refractivity contribution in [1.82, 2.24) is 0 Å². The molecule has 4 aromatic carbocycles. The summed E-state index contributed by atoms with van der Waals surface area (Å²) in [6.07, 6.45) is 5.26. The summed E-state index contributed by atoms with van der Waals surface area (Å²) in [5.41, 5.74) is 1.66. The Balaban J connectivity index is 1.26. The van der Waals surface area contributed by atoms with Crippen molar-refractivity contribution in [1.29, 1.82) is 0 Å². The van der Waals surface area contributed by atoms with Crippen LogP contribution in [-0.4, -0.2) is 0 Å². The Morgan fingerprint density at radius 2 is 1.30 bits per heavy atom. The van der Waals surface area contributed by atoms with Crippen molar-refractivity contribution in [3.8, 4) is 28.0 Å². The Morgan fingerprint density at radius 3 is 1.91 bits per heavy atom. The number of halogens is 7. The monoisotopic (exact) mass is 614 g/mol. The lowest BCUT2D eigenvalue weighted by molar-refractivity contribution is -0.187. The van der Waals surface area contributed by atoms with Gasteiger partial charge in [0.2, 0.25) is 0 Å². The smallest absolute Gasteiger partial charge is 0.429 e. The highest BCUT2D eigenvalue weighted by Crippen LogP contribution is 2.40. The van der Waals surface area contributed by atoms with Crippen molar-refractivity contribution in [2.45, 2.75) is 70.3 Å². The Bertz CT molecular complexity index is 1570. The van der Waals surface area contributed by atoms with Gasteiger partial charge in [0.1, 0.15) is 17.4 Å². The standard InChI is InChI=1S/C36H33F7O/c1-2-3-4-5-22-6-8-23(9-7-22)26-14-16-29(31(37)18-26)25-12-10-24(11-13-25)27-15-17-30(32(38)19-27)36(42,43)44-28-20-33(39)35(41)34(40)21-28/h10-23H,2-9H2,1H3. The summed E-state index contributed by atoms with van der Waals surface area (Å²) in [7, 11) is 0. The Morgan fingerprint density at radius 1 is 0.659 bits per heavy atom. The lowest BCUT2D eigenvalue weighted by atomic mass is 9.77. The van der Waals surface area contributed by atoms with E-state index in [9.17, 15) is 26.3 Å². The molecule has 0 N–H and O–H groups in total. The maximum absolute atomic E-state index is 15.2. The molecule has 0 atom stereocenters. The van der Waals surface area contributed by atoms with E-state index in [1.807, 2.05) is 6.07 Å². The number of hydrogen-bond donors (Lipinski definition) is 0. The minimum atomic E-state index is -4.30. The number of rotatable bonds is 10. The highest BCUT2D eigenvalue weighted by Gasteiger charge is 2.38. The molecule has 0 amide bonds. The molecular weight excluding hydrogens is 581 g/mol. The summed E-state index contributed by atoms with van der Waals surface area (Å²) >= 11 is 0. The van der Waals surface area contributed by atoms with Crippen LogP contribution in [0, 0.1) is 35.0 Å². The van der Waals surface area contributed by atoms with Crippen LogP contribution in [0.15, 0.2) is 72.8 Å². The second-order valence-electron chi connectivity index (χ2n) is 11.5. The molecule has 0 spiro atoms. The van der Waals surface area contributed by atoms with Crippen LogP contribution in [0.3, 0.4) is 0 Å². The second-order valence-corrected chi connectivity index (χ2v) is 11.5. The molecule has 1 saturated carbocycles. The molecule has 8 heteroatoms. The molecule has 1 aliphatic rings. The molecule has 0 heterocycles. The largest absolute Gasteiger partial charge is 0.429 e. The predicted molar refractivity (Wildman–Crippen MR) is 157 cm³/mol. The third-order valence-corrected chi connectivity index (χ3v) is 8.54. The number of hydrogen-bond acceptors (Lipinski definition) is 1. The third-order valence-electron chi connectivity index (χ3n) is 8.54. The topological polar surface area (TPSA) is 9.23 Å². The van der Waals surface area contributed by atoms with Crippen LogP contribution in [0.25, 0.3) is 22.3 Å². The third kappa shape index (κ3) is 7.11. The van der Waals surface area contributed by atoms with Gasteiger partial charge >= 0.3 is 6.11 Å². The molecule has 0 aliphatic heterocycles. The van der Waals surface area contributed by atoms with E-state index < -0.39 is 40.7 Å². The van der Waals surface area contributed by atoms with E-state index in [0.29, 0.717) is 22.6 Å². The average Bonchev–Trinajstić information content (AvgIpc) is 3.00. The molecule has 0 unspecified atom stereocenters. The molecule has 5 rings (SSSR count). The minimum absolute atomic E-state index is 0.247. The van der Waals surface area contributed by atoms with Gasteiger partial charge in [-0.1, -0.05) is 75.1 Å². The number of unbranched alkanes of at least 4 members (excludes halogenated alkanes) is 2. The van der Waals surface area contributed by atoms with E-state index in [1.54, 1.807) is 36.4 Å². The van der Waals surface area contributed by atoms with E-state index in [-0.39, 0.29) is 23.5 Å². The van der Waals surface area contributed by atoms with E-state index >= 15 is 4.39 Å². The van der Waals surface area contributed by atoms with E-state index in [4.69, 9.17) is 0 Å². The molecule has 0 aromatic heterocycles. The Kier molecular flexibility index (Phi) is 9.66.